The lowest BCUT2D eigenvalue weighted by molar-refractivity contribution is 0.0944. The highest BCUT2D eigenvalue weighted by Crippen LogP contribution is 2.28. The highest BCUT2D eigenvalue weighted by molar-refractivity contribution is 6.34. The molecule has 4 aromatic rings. The lowest BCUT2D eigenvalue weighted by Gasteiger charge is -2.11. The first-order chi connectivity index (χ1) is 17.8. The normalized spacial score (nSPS) is 10.8. The first-order valence-corrected chi connectivity index (χ1v) is 11.4. The van der Waals surface area contributed by atoms with Gasteiger partial charge in [0.15, 0.2) is 23.1 Å². The Labute approximate surface area is 214 Å². The number of para-hydroxylation sites is 1. The summed E-state index contributed by atoms with van der Waals surface area (Å²) in [6, 6.07) is 14.9. The Balaban J connectivity index is 1.68. The zero-order valence-electron chi connectivity index (χ0n) is 19.2. The summed E-state index contributed by atoms with van der Waals surface area (Å²) in [5.41, 5.74) is 5.96. The van der Waals surface area contributed by atoms with Crippen LogP contribution in [0.5, 0.6) is 0 Å². The Kier molecular flexibility index (Phi) is 7.75. The van der Waals surface area contributed by atoms with Crippen molar-refractivity contribution >= 4 is 35.1 Å². The van der Waals surface area contributed by atoms with Gasteiger partial charge in [-0.2, -0.15) is 5.10 Å². The minimum Gasteiger partial charge on any atom is -0.396 e. The summed E-state index contributed by atoms with van der Waals surface area (Å²) >= 11 is 6.26. The number of hydrogen-bond acceptors (Lipinski definition) is 6. The quantitative estimate of drug-likeness (QED) is 0.258. The fourth-order valence-corrected chi connectivity index (χ4v) is 3.64. The second-order valence-corrected chi connectivity index (χ2v) is 8.24. The molecule has 0 bridgehead atoms. The van der Waals surface area contributed by atoms with E-state index in [1.165, 1.54) is 28.9 Å². The van der Waals surface area contributed by atoms with Crippen LogP contribution in [0.1, 0.15) is 27.3 Å². The molecule has 190 valence electrons. The molecule has 9 nitrogen and oxygen atoms in total. The SMILES string of the molecule is Nc1nc(-c2ccc(Cl)c(C(=O)Nc3cc(C(=O)NCCCO)nn3-c3ccccc3)c2)c(F)cc1F. The molecule has 0 spiro atoms. The van der Waals surface area contributed by atoms with Crippen LogP contribution in [0.25, 0.3) is 16.9 Å². The van der Waals surface area contributed by atoms with Gasteiger partial charge in [0.05, 0.1) is 16.3 Å². The van der Waals surface area contributed by atoms with Gasteiger partial charge in [-0.05, 0) is 30.7 Å². The summed E-state index contributed by atoms with van der Waals surface area (Å²) in [4.78, 5) is 29.5. The number of hydrogen-bond donors (Lipinski definition) is 4. The van der Waals surface area contributed by atoms with Crippen LogP contribution < -0.4 is 16.4 Å². The number of benzene rings is 2. The molecule has 2 aromatic carbocycles. The van der Waals surface area contributed by atoms with E-state index in [-0.39, 0.29) is 46.5 Å². The number of halogens is 3. The first kappa shape index (κ1) is 25.7. The molecule has 5 N–H and O–H groups in total. The third-order valence-electron chi connectivity index (χ3n) is 5.25. The number of anilines is 2. The molecule has 0 radical (unpaired) electrons. The number of nitrogens with two attached hydrogens (primary N) is 1. The highest BCUT2D eigenvalue weighted by Gasteiger charge is 2.20. The number of carbonyl (C=O) groups is 2. The van der Waals surface area contributed by atoms with E-state index < -0.39 is 29.3 Å². The van der Waals surface area contributed by atoms with E-state index in [9.17, 15) is 18.4 Å². The number of amides is 2. The van der Waals surface area contributed by atoms with Gasteiger partial charge in [0.25, 0.3) is 11.8 Å². The highest BCUT2D eigenvalue weighted by atomic mass is 35.5. The Hall–Kier alpha value is -4.35. The fourth-order valence-electron chi connectivity index (χ4n) is 3.43. The maximum atomic E-state index is 14.4. The monoisotopic (exact) mass is 526 g/mol. The smallest absolute Gasteiger partial charge is 0.271 e. The molecule has 2 amide bonds. The molecule has 0 atom stereocenters. The lowest BCUT2D eigenvalue weighted by atomic mass is 10.1. The van der Waals surface area contributed by atoms with Gasteiger partial charge in [0.2, 0.25) is 0 Å². The zero-order chi connectivity index (χ0) is 26.5. The maximum absolute atomic E-state index is 14.4. The third-order valence-corrected chi connectivity index (χ3v) is 5.58. The van der Waals surface area contributed by atoms with E-state index >= 15 is 0 Å². The second kappa shape index (κ2) is 11.1. The van der Waals surface area contributed by atoms with Crippen molar-refractivity contribution in [2.75, 3.05) is 24.2 Å². The molecule has 0 aliphatic rings. The van der Waals surface area contributed by atoms with Gasteiger partial charge in [-0.15, -0.1) is 0 Å². The van der Waals surface area contributed by atoms with Crippen molar-refractivity contribution in [1.29, 1.82) is 0 Å². The Morgan fingerprint density at radius 2 is 1.78 bits per heavy atom. The average Bonchev–Trinajstić information content (AvgIpc) is 3.31. The summed E-state index contributed by atoms with van der Waals surface area (Å²) in [6.45, 7) is 0.167. The van der Waals surface area contributed by atoms with Crippen LogP contribution in [-0.4, -0.2) is 44.8 Å². The molecule has 0 unspecified atom stereocenters. The van der Waals surface area contributed by atoms with Crippen molar-refractivity contribution < 1.29 is 23.5 Å². The minimum absolute atomic E-state index is 0.0296. The predicted octanol–water partition coefficient (Wildman–Crippen LogP) is 3.81. The molecule has 0 aliphatic carbocycles. The van der Waals surface area contributed by atoms with Crippen molar-refractivity contribution in [1.82, 2.24) is 20.1 Å². The Bertz CT molecular complexity index is 1460. The zero-order valence-corrected chi connectivity index (χ0v) is 20.0. The van der Waals surface area contributed by atoms with Crippen LogP contribution in [0.3, 0.4) is 0 Å². The summed E-state index contributed by atoms with van der Waals surface area (Å²) in [7, 11) is 0. The molecule has 0 fully saturated rings. The van der Waals surface area contributed by atoms with Crippen molar-refractivity contribution in [3.63, 3.8) is 0 Å². The van der Waals surface area contributed by atoms with Gasteiger partial charge in [-0.25, -0.2) is 18.4 Å². The second-order valence-electron chi connectivity index (χ2n) is 7.83. The molecular formula is C25H21ClF2N6O3. The minimum atomic E-state index is -1.00. The third kappa shape index (κ3) is 5.74. The van der Waals surface area contributed by atoms with Gasteiger partial charge < -0.3 is 21.5 Å². The van der Waals surface area contributed by atoms with E-state index in [0.717, 1.165) is 0 Å². The Morgan fingerprint density at radius 1 is 1.03 bits per heavy atom. The van der Waals surface area contributed by atoms with Crippen LogP contribution in [0.15, 0.2) is 60.7 Å². The van der Waals surface area contributed by atoms with E-state index in [4.69, 9.17) is 22.4 Å². The van der Waals surface area contributed by atoms with Crippen LogP contribution in [-0.2, 0) is 0 Å². The van der Waals surface area contributed by atoms with Gasteiger partial charge in [-0.1, -0.05) is 35.9 Å². The largest absolute Gasteiger partial charge is 0.396 e. The number of nitrogens with zero attached hydrogens (tertiary/aromatic N) is 3. The van der Waals surface area contributed by atoms with E-state index in [0.29, 0.717) is 18.2 Å². The van der Waals surface area contributed by atoms with Gasteiger partial charge in [0.1, 0.15) is 11.5 Å². The molecule has 2 aromatic heterocycles. The van der Waals surface area contributed by atoms with Crippen LogP contribution in [0.2, 0.25) is 5.02 Å². The van der Waals surface area contributed by atoms with Crippen LogP contribution in [0, 0.1) is 11.6 Å². The van der Waals surface area contributed by atoms with Gasteiger partial charge in [-0.3, -0.25) is 9.59 Å². The van der Waals surface area contributed by atoms with Gasteiger partial charge in [0, 0.05) is 30.8 Å². The number of aromatic nitrogens is 3. The maximum Gasteiger partial charge on any atom is 0.271 e. The van der Waals surface area contributed by atoms with Crippen molar-refractivity contribution in [3.8, 4) is 16.9 Å². The van der Waals surface area contributed by atoms with Crippen molar-refractivity contribution in [3.05, 3.63) is 88.6 Å². The number of pyridine rings is 1. The number of nitrogen functional groups attached to an aromatic ring is 1. The molecule has 0 saturated heterocycles. The molecule has 37 heavy (non-hydrogen) atoms. The number of aliphatic hydroxyl groups is 1. The van der Waals surface area contributed by atoms with E-state index in [1.807, 2.05) is 0 Å². The van der Waals surface area contributed by atoms with Crippen molar-refractivity contribution in [2.24, 2.45) is 0 Å². The summed E-state index contributed by atoms with van der Waals surface area (Å²) in [5, 5.41) is 18.6. The van der Waals surface area contributed by atoms with E-state index in [2.05, 4.69) is 20.7 Å². The molecule has 4 rings (SSSR count). The molecule has 0 aliphatic heterocycles. The van der Waals surface area contributed by atoms with Crippen LogP contribution in [0.4, 0.5) is 20.4 Å². The summed E-state index contributed by atoms with van der Waals surface area (Å²) in [6.07, 6.45) is 0.374. The Morgan fingerprint density at radius 3 is 2.51 bits per heavy atom. The number of carbonyl (C=O) groups excluding carboxylic acids is 2. The molecule has 12 heteroatoms. The fraction of sp³-hybridized carbons (Fsp3) is 0.120. The molecular weight excluding hydrogens is 506 g/mol. The number of aliphatic hydroxyl groups excluding tert-OH is 1. The summed E-state index contributed by atoms with van der Waals surface area (Å²) in [5.74, 6) is -3.45. The van der Waals surface area contributed by atoms with Crippen molar-refractivity contribution in [2.45, 2.75) is 6.42 Å². The van der Waals surface area contributed by atoms with E-state index in [1.54, 1.807) is 30.3 Å². The lowest BCUT2D eigenvalue weighted by Crippen LogP contribution is -2.25. The first-order valence-electron chi connectivity index (χ1n) is 11.1. The molecule has 0 saturated carbocycles. The summed E-state index contributed by atoms with van der Waals surface area (Å²) < 4.78 is 29.3. The van der Waals surface area contributed by atoms with Gasteiger partial charge >= 0.3 is 0 Å². The average molecular weight is 527 g/mol. The number of nitrogens with one attached hydrogen (secondary N) is 2. The standard InChI is InChI=1S/C25H21ClF2N6O3/c26-17-8-7-14(22-18(27)12-19(28)23(29)32-22)11-16(17)24(36)31-21-13-20(25(37)30-9-4-10-35)33-34(21)15-5-2-1-3-6-15/h1-3,5-8,11-13,35H,4,9-10H2,(H2,29,32)(H,30,37)(H,31,36). The topological polar surface area (TPSA) is 135 Å². The molecule has 2 heterocycles. The number of rotatable bonds is 8. The predicted molar refractivity (Wildman–Crippen MR) is 135 cm³/mol. The van der Waals surface area contributed by atoms with Crippen LogP contribution >= 0.6 is 11.6 Å².